The molecule has 2 aliphatic heterocycles. The Morgan fingerprint density at radius 2 is 2.43 bits per heavy atom. The van der Waals surface area contributed by atoms with Crippen LogP contribution in [-0.4, -0.2) is 35.0 Å². The molecular formula is C15H16N2O3S. The van der Waals surface area contributed by atoms with Crippen LogP contribution in [-0.2, 0) is 4.74 Å². The number of nitrogens with zero attached hydrogens (tertiary/aromatic N) is 2. The summed E-state index contributed by atoms with van der Waals surface area (Å²) in [6, 6.07) is 3.45. The summed E-state index contributed by atoms with van der Waals surface area (Å²) >= 11 is 1.64. The number of thiazole rings is 1. The molecule has 0 bridgehead atoms. The van der Waals surface area contributed by atoms with E-state index in [2.05, 4.69) is 4.98 Å². The number of likely N-dealkylation sites (tertiary alicyclic amines) is 1. The van der Waals surface area contributed by atoms with Gasteiger partial charge in [0.2, 0.25) is 0 Å². The van der Waals surface area contributed by atoms with E-state index in [1.54, 1.807) is 23.5 Å². The van der Waals surface area contributed by atoms with Crippen molar-refractivity contribution in [3.05, 3.63) is 40.7 Å². The molecule has 5 nitrogen and oxygen atoms in total. The van der Waals surface area contributed by atoms with Crippen LogP contribution in [0.1, 0.15) is 34.5 Å². The van der Waals surface area contributed by atoms with Gasteiger partial charge in [-0.15, -0.1) is 11.3 Å². The van der Waals surface area contributed by atoms with Gasteiger partial charge in [-0.25, -0.2) is 4.98 Å². The molecular weight excluding hydrogens is 288 g/mol. The van der Waals surface area contributed by atoms with Gasteiger partial charge in [0.05, 0.1) is 12.4 Å². The number of carbonyl (C=O) groups is 1. The molecule has 110 valence electrons. The van der Waals surface area contributed by atoms with E-state index in [4.69, 9.17) is 9.15 Å². The lowest BCUT2D eigenvalue weighted by atomic mass is 9.92. The van der Waals surface area contributed by atoms with E-state index in [0.717, 1.165) is 24.4 Å². The first-order valence-electron chi connectivity index (χ1n) is 7.19. The van der Waals surface area contributed by atoms with Crippen LogP contribution in [0.5, 0.6) is 0 Å². The first-order chi connectivity index (χ1) is 10.3. The fourth-order valence-electron chi connectivity index (χ4n) is 3.22. The minimum Gasteiger partial charge on any atom is -0.459 e. The highest BCUT2D eigenvalue weighted by atomic mass is 32.1. The third kappa shape index (κ3) is 2.38. The maximum Gasteiger partial charge on any atom is 0.289 e. The maximum atomic E-state index is 12.3. The average molecular weight is 304 g/mol. The summed E-state index contributed by atoms with van der Waals surface area (Å²) in [4.78, 5) is 18.5. The SMILES string of the molecule is O=C(c1ccco1)N1CC[C@@H]2C[C@H](c3nccs3)O[C@H]2C1. The zero-order valence-corrected chi connectivity index (χ0v) is 12.3. The molecule has 4 rings (SSSR count). The summed E-state index contributed by atoms with van der Waals surface area (Å²) < 4.78 is 11.3. The van der Waals surface area contributed by atoms with Gasteiger partial charge in [-0.1, -0.05) is 0 Å². The Hall–Kier alpha value is -1.66. The molecule has 2 aromatic rings. The molecule has 0 unspecified atom stereocenters. The quantitative estimate of drug-likeness (QED) is 0.856. The molecule has 0 spiro atoms. The highest BCUT2D eigenvalue weighted by Gasteiger charge is 2.41. The Balaban J connectivity index is 1.45. The molecule has 3 atom stereocenters. The van der Waals surface area contributed by atoms with Crippen LogP contribution in [0, 0.1) is 5.92 Å². The number of piperidine rings is 1. The van der Waals surface area contributed by atoms with Gasteiger partial charge in [0.15, 0.2) is 5.76 Å². The Morgan fingerprint density at radius 1 is 1.48 bits per heavy atom. The molecule has 4 heterocycles. The standard InChI is InChI=1S/C15H16N2O3S/c18-15(11-2-1-6-19-11)17-5-3-10-8-12(20-13(10)9-17)14-16-4-7-21-14/h1-2,4,6-7,10,12-13H,3,5,8-9H2/t10-,12-,13+/m1/s1. The molecule has 1 amide bonds. The van der Waals surface area contributed by atoms with E-state index in [9.17, 15) is 4.79 Å². The van der Waals surface area contributed by atoms with Crippen LogP contribution < -0.4 is 0 Å². The van der Waals surface area contributed by atoms with Gasteiger partial charge >= 0.3 is 0 Å². The molecule has 2 aromatic heterocycles. The molecule has 6 heteroatoms. The monoisotopic (exact) mass is 304 g/mol. The van der Waals surface area contributed by atoms with Crippen LogP contribution in [0.3, 0.4) is 0 Å². The first kappa shape index (κ1) is 13.0. The summed E-state index contributed by atoms with van der Waals surface area (Å²) in [5, 5.41) is 3.03. The Morgan fingerprint density at radius 3 is 3.19 bits per heavy atom. The molecule has 2 fully saturated rings. The van der Waals surface area contributed by atoms with Gasteiger partial charge in [-0.05, 0) is 30.9 Å². The van der Waals surface area contributed by atoms with Crippen molar-refractivity contribution in [1.82, 2.24) is 9.88 Å². The highest BCUT2D eigenvalue weighted by molar-refractivity contribution is 7.09. The maximum absolute atomic E-state index is 12.3. The van der Waals surface area contributed by atoms with Crippen molar-refractivity contribution in [3.8, 4) is 0 Å². The minimum atomic E-state index is -0.0419. The smallest absolute Gasteiger partial charge is 0.289 e. The lowest BCUT2D eigenvalue weighted by Crippen LogP contribution is -2.45. The summed E-state index contributed by atoms with van der Waals surface area (Å²) in [6.45, 7) is 1.42. The van der Waals surface area contributed by atoms with Crippen LogP contribution in [0.2, 0.25) is 0 Å². The number of rotatable bonds is 2. The molecule has 0 radical (unpaired) electrons. The van der Waals surface area contributed by atoms with Crippen molar-refractivity contribution in [3.63, 3.8) is 0 Å². The Labute approximate surface area is 126 Å². The normalized spacial score (nSPS) is 28.6. The van der Waals surface area contributed by atoms with E-state index < -0.39 is 0 Å². The van der Waals surface area contributed by atoms with Crippen molar-refractivity contribution < 1.29 is 13.9 Å². The molecule has 0 N–H and O–H groups in total. The first-order valence-corrected chi connectivity index (χ1v) is 8.07. The minimum absolute atomic E-state index is 0.0419. The zero-order valence-electron chi connectivity index (χ0n) is 11.5. The topological polar surface area (TPSA) is 55.6 Å². The molecule has 0 aliphatic carbocycles. The zero-order chi connectivity index (χ0) is 14.2. The van der Waals surface area contributed by atoms with Crippen molar-refractivity contribution >= 4 is 17.2 Å². The number of ether oxygens (including phenoxy) is 1. The van der Waals surface area contributed by atoms with Crippen molar-refractivity contribution in [2.75, 3.05) is 13.1 Å². The van der Waals surface area contributed by atoms with E-state index >= 15 is 0 Å². The van der Waals surface area contributed by atoms with Gasteiger partial charge in [-0.3, -0.25) is 4.79 Å². The van der Waals surface area contributed by atoms with E-state index in [1.165, 1.54) is 6.26 Å². The average Bonchev–Trinajstić information content (AvgIpc) is 3.24. The van der Waals surface area contributed by atoms with Gasteiger partial charge < -0.3 is 14.1 Å². The highest BCUT2D eigenvalue weighted by Crippen LogP contribution is 2.41. The second kappa shape index (κ2) is 5.27. The molecule has 2 aliphatic rings. The van der Waals surface area contributed by atoms with Crippen molar-refractivity contribution in [2.24, 2.45) is 5.92 Å². The number of carbonyl (C=O) groups excluding carboxylic acids is 1. The molecule has 0 aromatic carbocycles. The van der Waals surface area contributed by atoms with E-state index in [1.807, 2.05) is 16.5 Å². The fraction of sp³-hybridized carbons (Fsp3) is 0.467. The van der Waals surface area contributed by atoms with Crippen LogP contribution in [0.15, 0.2) is 34.4 Å². The van der Waals surface area contributed by atoms with Crippen LogP contribution in [0.4, 0.5) is 0 Å². The van der Waals surface area contributed by atoms with Crippen LogP contribution >= 0.6 is 11.3 Å². The second-order valence-corrected chi connectivity index (χ2v) is 6.47. The lowest BCUT2D eigenvalue weighted by molar-refractivity contribution is -0.00529. The van der Waals surface area contributed by atoms with Gasteiger partial charge in [0.25, 0.3) is 5.91 Å². The summed E-state index contributed by atoms with van der Waals surface area (Å²) in [7, 11) is 0. The number of fused-ring (bicyclic) bond motifs is 1. The Bertz CT molecular complexity index is 611. The summed E-state index contributed by atoms with van der Waals surface area (Å²) in [5.41, 5.74) is 0. The number of furan rings is 1. The van der Waals surface area contributed by atoms with Gasteiger partial charge in [0.1, 0.15) is 11.1 Å². The van der Waals surface area contributed by atoms with Crippen LogP contribution in [0.25, 0.3) is 0 Å². The predicted octanol–water partition coefficient (Wildman–Crippen LogP) is 2.73. The number of hydrogen-bond acceptors (Lipinski definition) is 5. The Kier molecular flexibility index (Phi) is 3.27. The van der Waals surface area contributed by atoms with Gasteiger partial charge in [0, 0.05) is 24.7 Å². The lowest BCUT2D eigenvalue weighted by Gasteiger charge is -2.33. The van der Waals surface area contributed by atoms with Crippen molar-refractivity contribution in [2.45, 2.75) is 25.0 Å². The van der Waals surface area contributed by atoms with E-state index in [0.29, 0.717) is 18.2 Å². The summed E-state index contributed by atoms with van der Waals surface area (Å²) in [5.74, 6) is 0.891. The van der Waals surface area contributed by atoms with E-state index in [-0.39, 0.29) is 18.1 Å². The molecule has 2 saturated heterocycles. The third-order valence-corrected chi connectivity index (χ3v) is 5.17. The number of hydrogen-bond donors (Lipinski definition) is 0. The number of amides is 1. The third-order valence-electron chi connectivity index (χ3n) is 4.30. The predicted molar refractivity (Wildman–Crippen MR) is 77.1 cm³/mol. The fourth-order valence-corrected chi connectivity index (χ4v) is 3.91. The molecule has 0 saturated carbocycles. The summed E-state index contributed by atoms with van der Waals surface area (Å²) in [6.07, 6.45) is 5.56. The number of aromatic nitrogens is 1. The largest absolute Gasteiger partial charge is 0.459 e. The molecule has 21 heavy (non-hydrogen) atoms. The van der Waals surface area contributed by atoms with Gasteiger partial charge in [-0.2, -0.15) is 0 Å². The second-order valence-electron chi connectivity index (χ2n) is 5.55. The van der Waals surface area contributed by atoms with Crippen molar-refractivity contribution in [1.29, 1.82) is 0 Å².